The fraction of sp³-hybridized carbons (Fsp3) is 0.368. The number of fused-ring (bicyclic) bond motifs is 1. The van der Waals surface area contributed by atoms with E-state index in [0.29, 0.717) is 4.90 Å². The zero-order valence-electron chi connectivity index (χ0n) is 14.0. The Morgan fingerprint density at radius 2 is 1.76 bits per heavy atom. The van der Waals surface area contributed by atoms with Gasteiger partial charge in [0.2, 0.25) is 0 Å². The van der Waals surface area contributed by atoms with Crippen molar-refractivity contribution in [3.05, 3.63) is 58.6 Å². The number of phenols is 1. The van der Waals surface area contributed by atoms with Crippen LogP contribution in [-0.4, -0.2) is 33.3 Å². The number of nitrogens with two attached hydrogens (primary N) is 1. The molecule has 4 nitrogen and oxygen atoms in total. The number of hydrogen-bond acceptors (Lipinski definition) is 3. The van der Waals surface area contributed by atoms with Crippen molar-refractivity contribution >= 4 is 22.6 Å². The molecule has 4 rings (SSSR count). The highest BCUT2D eigenvalue weighted by molar-refractivity contribution is 7.82. The number of halogens is 1. The third-order valence-corrected chi connectivity index (χ3v) is 5.93. The van der Waals surface area contributed by atoms with Gasteiger partial charge in [-0.25, -0.2) is 9.35 Å². The van der Waals surface area contributed by atoms with E-state index in [0.717, 1.165) is 17.5 Å². The minimum absolute atomic E-state index is 0.147. The molecule has 1 fully saturated rings. The molecule has 0 amide bonds. The molecule has 2 unspecified atom stereocenters. The highest BCUT2D eigenvalue weighted by Crippen LogP contribution is 2.32. The summed E-state index contributed by atoms with van der Waals surface area (Å²) in [5.74, 6) is 0.147. The Morgan fingerprint density at radius 3 is 2.36 bits per heavy atom. The monoisotopic (exact) mass is 378 g/mol. The maximum absolute atomic E-state index is 10.6. The predicted molar refractivity (Wildman–Crippen MR) is 102 cm³/mol. The molecule has 1 saturated heterocycles. The number of rotatable bonds is 2. The van der Waals surface area contributed by atoms with E-state index < -0.39 is 11.0 Å². The molecule has 0 radical (unpaired) electrons. The normalized spacial score (nSPS) is 20.6. The van der Waals surface area contributed by atoms with E-state index in [1.54, 1.807) is 0 Å². The molecule has 2 atom stereocenters. The van der Waals surface area contributed by atoms with E-state index in [9.17, 15) is 4.21 Å². The molecule has 2 aliphatic rings. The summed E-state index contributed by atoms with van der Waals surface area (Å²) in [6.45, 7) is 2.58. The molecule has 1 heterocycles. The van der Waals surface area contributed by atoms with Crippen LogP contribution in [0, 0.1) is 0 Å². The average molecular weight is 379 g/mol. The van der Waals surface area contributed by atoms with Gasteiger partial charge in [0.25, 0.3) is 0 Å². The van der Waals surface area contributed by atoms with Crippen molar-refractivity contribution in [3.8, 4) is 5.75 Å². The molecule has 0 saturated carbocycles. The Hall–Kier alpha value is -1.40. The first-order valence-corrected chi connectivity index (χ1v) is 10.1. The Kier molecular flexibility index (Phi) is 6.12. The van der Waals surface area contributed by atoms with E-state index in [-0.39, 0.29) is 5.75 Å². The summed E-state index contributed by atoms with van der Waals surface area (Å²) in [7, 11) is -1.45. The van der Waals surface area contributed by atoms with Gasteiger partial charge in [-0.2, -0.15) is 0 Å². The largest absolute Gasteiger partial charge is 0.508 e. The lowest BCUT2D eigenvalue weighted by Gasteiger charge is -2.22. The van der Waals surface area contributed by atoms with Gasteiger partial charge in [0.1, 0.15) is 16.7 Å². The smallest absolute Gasteiger partial charge is 0.122 e. The number of phenolic OH excluding ortho intramolecular Hbond substituents is 1. The number of benzene rings is 2. The molecule has 6 heteroatoms. The van der Waals surface area contributed by atoms with Crippen molar-refractivity contribution in [2.45, 2.75) is 36.6 Å². The highest BCUT2D eigenvalue weighted by Gasteiger charge is 2.29. The van der Waals surface area contributed by atoms with E-state index in [1.165, 1.54) is 67.7 Å². The van der Waals surface area contributed by atoms with Crippen molar-refractivity contribution < 1.29 is 9.32 Å². The van der Waals surface area contributed by atoms with Gasteiger partial charge in [-0.05, 0) is 80.2 Å². The van der Waals surface area contributed by atoms with Crippen molar-refractivity contribution in [3.63, 3.8) is 0 Å². The van der Waals surface area contributed by atoms with Gasteiger partial charge >= 0.3 is 0 Å². The summed E-state index contributed by atoms with van der Waals surface area (Å²) in [6.07, 6.45) is 5.12. The minimum Gasteiger partial charge on any atom is -0.508 e. The third kappa shape index (κ3) is 4.61. The van der Waals surface area contributed by atoms with Crippen LogP contribution in [0.5, 0.6) is 5.75 Å². The van der Waals surface area contributed by atoms with Crippen molar-refractivity contribution in [2.24, 2.45) is 5.14 Å². The van der Waals surface area contributed by atoms with E-state index in [1.807, 2.05) is 6.07 Å². The maximum atomic E-state index is 10.6. The van der Waals surface area contributed by atoms with Gasteiger partial charge in [-0.1, -0.05) is 23.7 Å². The Bertz CT molecular complexity index is 746. The lowest BCUT2D eigenvalue weighted by Crippen LogP contribution is -2.33. The lowest BCUT2D eigenvalue weighted by atomic mass is 10.1. The third-order valence-electron chi connectivity index (χ3n) is 4.84. The summed E-state index contributed by atoms with van der Waals surface area (Å²) >= 11 is 6.22. The topological polar surface area (TPSA) is 66.6 Å². The SMILES string of the molecule is Clc1cccc2c1CC(N1CCCC1)C2.NS(=O)c1ccc(O)cc1. The minimum atomic E-state index is -1.45. The molecule has 1 aliphatic carbocycles. The molecule has 2 aromatic rings. The van der Waals surface area contributed by atoms with Gasteiger partial charge in [-0.15, -0.1) is 0 Å². The second-order valence-corrected chi connectivity index (χ2v) is 7.95. The average Bonchev–Trinajstić information content (AvgIpc) is 3.26. The lowest BCUT2D eigenvalue weighted by molar-refractivity contribution is 0.250. The van der Waals surface area contributed by atoms with Crippen LogP contribution in [0.15, 0.2) is 47.4 Å². The van der Waals surface area contributed by atoms with Gasteiger partial charge in [-0.3, -0.25) is 4.90 Å². The van der Waals surface area contributed by atoms with E-state index >= 15 is 0 Å². The van der Waals surface area contributed by atoms with Gasteiger partial charge < -0.3 is 5.11 Å². The van der Waals surface area contributed by atoms with Gasteiger partial charge in [0.15, 0.2) is 0 Å². The highest BCUT2D eigenvalue weighted by atomic mass is 35.5. The molecule has 0 spiro atoms. The number of hydrogen-bond donors (Lipinski definition) is 2. The van der Waals surface area contributed by atoms with E-state index in [2.05, 4.69) is 17.0 Å². The van der Waals surface area contributed by atoms with Crippen molar-refractivity contribution in [1.29, 1.82) is 0 Å². The Morgan fingerprint density at radius 1 is 1.08 bits per heavy atom. The summed E-state index contributed by atoms with van der Waals surface area (Å²) in [5.41, 5.74) is 2.87. The van der Waals surface area contributed by atoms with Crippen LogP contribution in [0.2, 0.25) is 5.02 Å². The van der Waals surface area contributed by atoms with Crippen LogP contribution in [-0.2, 0) is 23.8 Å². The van der Waals surface area contributed by atoms with Crippen LogP contribution in [0.25, 0.3) is 0 Å². The zero-order valence-corrected chi connectivity index (χ0v) is 15.6. The molecule has 3 N–H and O–H groups in total. The Labute approximate surface area is 156 Å². The fourth-order valence-electron chi connectivity index (χ4n) is 3.53. The van der Waals surface area contributed by atoms with Crippen LogP contribution >= 0.6 is 11.6 Å². The van der Waals surface area contributed by atoms with Crippen LogP contribution in [0.1, 0.15) is 24.0 Å². The molecule has 0 bridgehead atoms. The number of aromatic hydroxyl groups is 1. The summed E-state index contributed by atoms with van der Waals surface area (Å²) in [5, 5.41) is 14.8. The summed E-state index contributed by atoms with van der Waals surface area (Å²) < 4.78 is 10.6. The van der Waals surface area contributed by atoms with E-state index in [4.69, 9.17) is 21.8 Å². The molecule has 2 aromatic carbocycles. The Balaban J connectivity index is 0.000000160. The summed E-state index contributed by atoms with van der Waals surface area (Å²) in [4.78, 5) is 3.15. The second-order valence-electron chi connectivity index (χ2n) is 6.47. The predicted octanol–water partition coefficient (Wildman–Crippen LogP) is 3.28. The van der Waals surface area contributed by atoms with Crippen molar-refractivity contribution in [1.82, 2.24) is 4.90 Å². The molecule has 25 heavy (non-hydrogen) atoms. The van der Waals surface area contributed by atoms with Crippen molar-refractivity contribution in [2.75, 3.05) is 13.1 Å². The molecule has 1 aliphatic heterocycles. The number of nitrogens with zero attached hydrogens (tertiary/aromatic N) is 1. The first-order valence-electron chi connectivity index (χ1n) is 8.50. The van der Waals surface area contributed by atoms with Gasteiger partial charge in [0.05, 0.1) is 4.90 Å². The first-order chi connectivity index (χ1) is 12.0. The number of likely N-dealkylation sites (tertiary alicyclic amines) is 1. The molecule has 134 valence electrons. The quantitative estimate of drug-likeness (QED) is 0.842. The zero-order chi connectivity index (χ0) is 17.8. The van der Waals surface area contributed by atoms with Gasteiger partial charge in [0, 0.05) is 11.1 Å². The fourth-order valence-corrected chi connectivity index (χ4v) is 4.21. The van der Waals surface area contributed by atoms with Crippen LogP contribution in [0.3, 0.4) is 0 Å². The second kappa shape index (κ2) is 8.32. The standard InChI is InChI=1S/C13H16ClN.C6H7NO2S/c14-13-5-3-4-10-8-11(9-12(10)13)15-6-1-2-7-15;7-10(9)6-3-1-5(8)2-4-6/h3-5,11H,1-2,6-9H2;1-4,8H,7H2. The summed E-state index contributed by atoms with van der Waals surface area (Å²) in [6, 6.07) is 13.0. The first kappa shape index (κ1) is 18.4. The molecule has 0 aromatic heterocycles. The van der Waals surface area contributed by atoms with Crippen LogP contribution < -0.4 is 5.14 Å². The molecular weight excluding hydrogens is 356 g/mol. The maximum Gasteiger partial charge on any atom is 0.122 e. The van der Waals surface area contributed by atoms with Crippen LogP contribution in [0.4, 0.5) is 0 Å². The molecular formula is C19H23ClN2O2S.